The molecule has 2 rings (SSSR count). The minimum absolute atomic E-state index is 0.586. The lowest BCUT2D eigenvalue weighted by Gasteiger charge is -2.16. The molecule has 0 aromatic heterocycles. The van der Waals surface area contributed by atoms with Crippen molar-refractivity contribution >= 4 is 17.4 Å². The van der Waals surface area contributed by atoms with Gasteiger partial charge >= 0.3 is 0 Å². The SMILES string of the molecule is CCOc1ccc(NC2CCSC2)cc1OCC. The summed E-state index contributed by atoms with van der Waals surface area (Å²) in [4.78, 5) is 0. The molecule has 0 aliphatic carbocycles. The maximum absolute atomic E-state index is 5.62. The lowest BCUT2D eigenvalue weighted by Crippen LogP contribution is -2.18. The van der Waals surface area contributed by atoms with Gasteiger partial charge in [0, 0.05) is 23.5 Å². The van der Waals surface area contributed by atoms with Crippen LogP contribution in [0, 0.1) is 0 Å². The van der Waals surface area contributed by atoms with Crippen molar-refractivity contribution in [1.82, 2.24) is 0 Å². The van der Waals surface area contributed by atoms with Gasteiger partial charge in [-0.25, -0.2) is 0 Å². The lowest BCUT2D eigenvalue weighted by molar-refractivity contribution is 0.288. The van der Waals surface area contributed by atoms with Crippen molar-refractivity contribution in [3.63, 3.8) is 0 Å². The van der Waals surface area contributed by atoms with Crippen molar-refractivity contribution < 1.29 is 9.47 Å². The molecule has 0 radical (unpaired) electrons. The van der Waals surface area contributed by atoms with E-state index in [1.54, 1.807) is 0 Å². The Morgan fingerprint density at radius 3 is 2.67 bits per heavy atom. The number of hydrogen-bond donors (Lipinski definition) is 1. The molecule has 0 bridgehead atoms. The van der Waals surface area contributed by atoms with Gasteiger partial charge in [0.2, 0.25) is 0 Å². The maximum atomic E-state index is 5.62. The van der Waals surface area contributed by atoms with Crippen molar-refractivity contribution in [3.8, 4) is 11.5 Å². The Bertz CT molecular complexity index is 378. The van der Waals surface area contributed by atoms with Gasteiger partial charge in [-0.15, -0.1) is 0 Å². The zero-order chi connectivity index (χ0) is 12.8. The molecular weight excluding hydrogens is 246 g/mol. The topological polar surface area (TPSA) is 30.5 Å². The van der Waals surface area contributed by atoms with E-state index in [4.69, 9.17) is 9.47 Å². The fourth-order valence-electron chi connectivity index (χ4n) is 2.02. The summed E-state index contributed by atoms with van der Waals surface area (Å²) in [5.41, 5.74) is 1.12. The molecule has 4 heteroatoms. The normalized spacial score (nSPS) is 18.7. The molecule has 18 heavy (non-hydrogen) atoms. The van der Waals surface area contributed by atoms with Gasteiger partial charge in [0.25, 0.3) is 0 Å². The van der Waals surface area contributed by atoms with Gasteiger partial charge in [-0.05, 0) is 38.2 Å². The van der Waals surface area contributed by atoms with Gasteiger partial charge in [-0.1, -0.05) is 0 Å². The summed E-state index contributed by atoms with van der Waals surface area (Å²) in [6.45, 7) is 5.29. The number of rotatable bonds is 6. The van der Waals surface area contributed by atoms with Crippen LogP contribution >= 0.6 is 11.8 Å². The molecule has 0 amide bonds. The van der Waals surface area contributed by atoms with Gasteiger partial charge in [0.05, 0.1) is 13.2 Å². The quantitative estimate of drug-likeness (QED) is 0.855. The Morgan fingerprint density at radius 1 is 1.22 bits per heavy atom. The van der Waals surface area contributed by atoms with E-state index >= 15 is 0 Å². The van der Waals surface area contributed by atoms with Gasteiger partial charge in [-0.3, -0.25) is 0 Å². The van der Waals surface area contributed by atoms with E-state index in [0.717, 1.165) is 17.2 Å². The van der Waals surface area contributed by atoms with Crippen LogP contribution in [0.5, 0.6) is 11.5 Å². The van der Waals surface area contributed by atoms with Crippen LogP contribution in [0.25, 0.3) is 0 Å². The van der Waals surface area contributed by atoms with Crippen molar-refractivity contribution in [1.29, 1.82) is 0 Å². The van der Waals surface area contributed by atoms with Crippen LogP contribution in [0.4, 0.5) is 5.69 Å². The summed E-state index contributed by atoms with van der Waals surface area (Å²) in [5.74, 6) is 4.10. The van der Waals surface area contributed by atoms with Crippen molar-refractivity contribution in [3.05, 3.63) is 18.2 Å². The smallest absolute Gasteiger partial charge is 0.163 e. The van der Waals surface area contributed by atoms with E-state index in [2.05, 4.69) is 11.4 Å². The Kier molecular flexibility index (Phi) is 5.05. The highest BCUT2D eigenvalue weighted by atomic mass is 32.2. The van der Waals surface area contributed by atoms with Crippen molar-refractivity contribution in [2.24, 2.45) is 0 Å². The van der Waals surface area contributed by atoms with Gasteiger partial charge in [-0.2, -0.15) is 11.8 Å². The predicted molar refractivity (Wildman–Crippen MR) is 78.1 cm³/mol. The maximum Gasteiger partial charge on any atom is 0.163 e. The van der Waals surface area contributed by atoms with Crippen LogP contribution in [-0.4, -0.2) is 30.8 Å². The first kappa shape index (κ1) is 13.4. The predicted octanol–water partition coefficient (Wildman–Crippen LogP) is 3.40. The van der Waals surface area contributed by atoms with Crippen LogP contribution in [0.3, 0.4) is 0 Å². The first-order chi connectivity index (χ1) is 8.83. The highest BCUT2D eigenvalue weighted by Gasteiger charge is 2.15. The molecule has 1 N–H and O–H groups in total. The largest absolute Gasteiger partial charge is 0.490 e. The Morgan fingerprint density at radius 2 is 2.00 bits per heavy atom. The second-order valence-electron chi connectivity index (χ2n) is 4.23. The van der Waals surface area contributed by atoms with E-state index in [-0.39, 0.29) is 0 Å². The number of thioether (sulfide) groups is 1. The third-order valence-electron chi connectivity index (χ3n) is 2.84. The Hall–Kier alpha value is -1.03. The zero-order valence-electron chi connectivity index (χ0n) is 11.1. The minimum atomic E-state index is 0.586. The van der Waals surface area contributed by atoms with Crippen LogP contribution in [0.2, 0.25) is 0 Å². The summed E-state index contributed by atoms with van der Waals surface area (Å²) in [6, 6.07) is 6.68. The number of anilines is 1. The van der Waals surface area contributed by atoms with Crippen LogP contribution in [0.1, 0.15) is 20.3 Å². The second kappa shape index (κ2) is 6.78. The number of nitrogens with one attached hydrogen (secondary N) is 1. The van der Waals surface area contributed by atoms with Crippen LogP contribution in [-0.2, 0) is 0 Å². The van der Waals surface area contributed by atoms with E-state index in [1.807, 2.05) is 37.7 Å². The summed E-state index contributed by atoms with van der Waals surface area (Å²) in [7, 11) is 0. The average Bonchev–Trinajstić information content (AvgIpc) is 2.86. The molecule has 1 aromatic carbocycles. The van der Waals surface area contributed by atoms with Crippen LogP contribution in [0.15, 0.2) is 18.2 Å². The molecule has 1 saturated heterocycles. The van der Waals surface area contributed by atoms with Gasteiger partial charge < -0.3 is 14.8 Å². The molecular formula is C14H21NO2S. The molecule has 3 nitrogen and oxygen atoms in total. The number of benzene rings is 1. The first-order valence-corrected chi connectivity index (χ1v) is 7.73. The summed E-state index contributed by atoms with van der Waals surface area (Å²) in [5, 5.41) is 3.55. The monoisotopic (exact) mass is 267 g/mol. The van der Waals surface area contributed by atoms with Crippen LogP contribution < -0.4 is 14.8 Å². The molecule has 1 atom stereocenters. The third kappa shape index (κ3) is 3.48. The molecule has 100 valence electrons. The lowest BCUT2D eigenvalue weighted by atomic mass is 10.2. The van der Waals surface area contributed by atoms with Gasteiger partial charge in [0.15, 0.2) is 11.5 Å². The van der Waals surface area contributed by atoms with Crippen molar-refractivity contribution in [2.45, 2.75) is 26.3 Å². The van der Waals surface area contributed by atoms with E-state index in [0.29, 0.717) is 19.3 Å². The molecule has 1 aliphatic rings. The second-order valence-corrected chi connectivity index (χ2v) is 5.38. The minimum Gasteiger partial charge on any atom is -0.490 e. The average molecular weight is 267 g/mol. The summed E-state index contributed by atoms with van der Waals surface area (Å²) in [6.07, 6.45) is 1.24. The zero-order valence-corrected chi connectivity index (χ0v) is 11.9. The van der Waals surface area contributed by atoms with E-state index in [1.165, 1.54) is 17.9 Å². The molecule has 0 saturated carbocycles. The molecule has 0 spiro atoms. The molecule has 1 aliphatic heterocycles. The standard InChI is InChI=1S/C14H21NO2S/c1-3-16-13-6-5-11(9-14(13)17-4-2)15-12-7-8-18-10-12/h5-6,9,12,15H,3-4,7-8,10H2,1-2H3. The van der Waals surface area contributed by atoms with Crippen molar-refractivity contribution in [2.75, 3.05) is 30.0 Å². The fraction of sp³-hybridized carbons (Fsp3) is 0.571. The first-order valence-electron chi connectivity index (χ1n) is 6.57. The molecule has 1 heterocycles. The van der Waals surface area contributed by atoms with E-state index in [9.17, 15) is 0 Å². The molecule has 1 fully saturated rings. The molecule has 1 unspecified atom stereocenters. The highest BCUT2D eigenvalue weighted by Crippen LogP contribution is 2.31. The Balaban J connectivity index is 2.08. The third-order valence-corrected chi connectivity index (χ3v) is 4.01. The highest BCUT2D eigenvalue weighted by molar-refractivity contribution is 7.99. The summed E-state index contributed by atoms with van der Waals surface area (Å²) >= 11 is 2.01. The fourth-order valence-corrected chi connectivity index (χ4v) is 3.18. The van der Waals surface area contributed by atoms with E-state index < -0.39 is 0 Å². The number of ether oxygens (including phenoxy) is 2. The molecule has 1 aromatic rings. The Labute approximate surface area is 113 Å². The number of hydrogen-bond acceptors (Lipinski definition) is 4. The van der Waals surface area contributed by atoms with Gasteiger partial charge in [0.1, 0.15) is 0 Å². The summed E-state index contributed by atoms with van der Waals surface area (Å²) < 4.78 is 11.2.